The number of hydrogen-bond donors (Lipinski definition) is 2. The van der Waals surface area contributed by atoms with Crippen LogP contribution in [0.3, 0.4) is 0 Å². The smallest absolute Gasteiger partial charge is 0.293 e. The molecule has 1 amide bonds. The molecule has 0 spiro atoms. The van der Waals surface area contributed by atoms with E-state index >= 15 is 0 Å². The topological polar surface area (TPSA) is 101 Å². The summed E-state index contributed by atoms with van der Waals surface area (Å²) in [5, 5.41) is 6.98. The van der Waals surface area contributed by atoms with E-state index in [9.17, 15) is 9.59 Å². The van der Waals surface area contributed by atoms with Gasteiger partial charge in [0.05, 0.1) is 11.7 Å². The minimum absolute atomic E-state index is 0.0986. The predicted molar refractivity (Wildman–Crippen MR) is 150 cm³/mol. The second kappa shape index (κ2) is 12.8. The van der Waals surface area contributed by atoms with Crippen molar-refractivity contribution < 1.29 is 9.53 Å². The molecule has 200 valence electrons. The lowest BCUT2D eigenvalue weighted by Crippen LogP contribution is -2.34. The van der Waals surface area contributed by atoms with Crippen LogP contribution in [0.2, 0.25) is 5.02 Å². The van der Waals surface area contributed by atoms with Crippen molar-refractivity contribution in [3.8, 4) is 5.75 Å². The minimum atomic E-state index is -0.312. The third kappa shape index (κ3) is 6.71. The molecule has 0 aliphatic carbocycles. The van der Waals surface area contributed by atoms with Gasteiger partial charge in [-0.05, 0) is 56.9 Å². The average molecular weight is 529 g/mol. The molecule has 0 saturated carbocycles. The third-order valence-electron chi connectivity index (χ3n) is 6.22. The molecule has 2 aromatic heterocycles. The van der Waals surface area contributed by atoms with Gasteiger partial charge in [0.1, 0.15) is 5.02 Å². The van der Waals surface area contributed by atoms with Gasteiger partial charge in [-0.25, -0.2) is 4.98 Å². The highest BCUT2D eigenvalue weighted by molar-refractivity contribution is 6.32. The summed E-state index contributed by atoms with van der Waals surface area (Å²) in [6.07, 6.45) is 3.84. The molecule has 1 aliphatic rings. The Bertz CT molecular complexity index is 1290. The molecule has 9 nitrogen and oxygen atoms in total. The maximum absolute atomic E-state index is 13.0. The van der Waals surface area contributed by atoms with Crippen LogP contribution in [-0.2, 0) is 4.79 Å². The summed E-state index contributed by atoms with van der Waals surface area (Å²) in [7, 11) is 1.52. The number of likely N-dealkylation sites (N-methyl/N-ethyl adjacent to an activating group) is 1. The summed E-state index contributed by atoms with van der Waals surface area (Å²) >= 11 is 6.41. The highest BCUT2D eigenvalue weighted by Gasteiger charge is 2.19. The van der Waals surface area contributed by atoms with E-state index in [4.69, 9.17) is 16.3 Å². The van der Waals surface area contributed by atoms with Gasteiger partial charge >= 0.3 is 0 Å². The number of benzene rings is 1. The number of anilines is 3. The normalized spacial score (nSPS) is 13.8. The van der Waals surface area contributed by atoms with Gasteiger partial charge in [-0.3, -0.25) is 9.59 Å². The Morgan fingerprint density at radius 3 is 2.57 bits per heavy atom. The van der Waals surface area contributed by atoms with Crippen LogP contribution in [0.4, 0.5) is 17.5 Å². The van der Waals surface area contributed by atoms with E-state index in [0.717, 1.165) is 42.5 Å². The van der Waals surface area contributed by atoms with Crippen LogP contribution < -0.4 is 25.8 Å². The molecule has 10 heteroatoms. The molecular formula is C27H37ClN6O3. The molecule has 0 unspecified atom stereocenters. The molecule has 1 saturated heterocycles. The lowest BCUT2D eigenvalue weighted by Gasteiger charge is -2.30. The van der Waals surface area contributed by atoms with E-state index in [1.807, 2.05) is 45.9 Å². The van der Waals surface area contributed by atoms with Crippen molar-refractivity contribution in [3.05, 3.63) is 45.8 Å². The highest BCUT2D eigenvalue weighted by Crippen LogP contribution is 2.29. The molecular weight excluding hydrogens is 492 g/mol. The average Bonchev–Trinajstić information content (AvgIpc) is 2.90. The van der Waals surface area contributed by atoms with Crippen molar-refractivity contribution in [1.29, 1.82) is 0 Å². The number of halogens is 1. The molecule has 4 rings (SSSR count). The summed E-state index contributed by atoms with van der Waals surface area (Å²) in [5.41, 5.74) is 1.23. The summed E-state index contributed by atoms with van der Waals surface area (Å²) in [6.45, 7) is 11.7. The number of carbonyl (C=O) groups is 1. The van der Waals surface area contributed by atoms with Gasteiger partial charge in [0.2, 0.25) is 5.95 Å². The van der Waals surface area contributed by atoms with Gasteiger partial charge in [-0.1, -0.05) is 32.4 Å². The van der Waals surface area contributed by atoms with Gasteiger partial charge in [0.15, 0.2) is 18.2 Å². The Morgan fingerprint density at radius 2 is 1.92 bits per heavy atom. The zero-order chi connectivity index (χ0) is 27.1. The first kappa shape index (κ1) is 28.2. The zero-order valence-electron chi connectivity index (χ0n) is 22.5. The highest BCUT2D eigenvalue weighted by atomic mass is 35.5. The summed E-state index contributed by atoms with van der Waals surface area (Å²) in [6, 6.07) is 7.22. The molecule has 3 aromatic rings. The van der Waals surface area contributed by atoms with Gasteiger partial charge in [0.25, 0.3) is 11.5 Å². The Labute approximate surface area is 223 Å². The van der Waals surface area contributed by atoms with Gasteiger partial charge in [-0.2, -0.15) is 4.98 Å². The molecule has 0 radical (unpaired) electrons. The van der Waals surface area contributed by atoms with E-state index in [2.05, 4.69) is 32.4 Å². The molecule has 3 heterocycles. The largest absolute Gasteiger partial charge is 0.478 e. The third-order valence-corrected chi connectivity index (χ3v) is 6.49. The Kier molecular flexibility index (Phi) is 9.74. The number of aromatic nitrogens is 3. The van der Waals surface area contributed by atoms with Crippen molar-refractivity contribution in [2.45, 2.75) is 53.5 Å². The molecule has 0 bridgehead atoms. The lowest BCUT2D eigenvalue weighted by atomic mass is 10.00. The monoisotopic (exact) mass is 528 g/mol. The fraction of sp³-hybridized carbons (Fsp3) is 0.481. The van der Waals surface area contributed by atoms with Crippen LogP contribution in [-0.4, -0.2) is 47.2 Å². The van der Waals surface area contributed by atoms with E-state index in [-0.39, 0.29) is 29.9 Å². The first-order valence-corrected chi connectivity index (χ1v) is 13.2. The number of hydrogen-bond acceptors (Lipinski definition) is 7. The van der Waals surface area contributed by atoms with Crippen LogP contribution in [0.15, 0.2) is 35.3 Å². The van der Waals surface area contributed by atoms with Gasteiger partial charge in [0, 0.05) is 37.3 Å². The second-order valence-electron chi connectivity index (χ2n) is 9.17. The van der Waals surface area contributed by atoms with E-state index < -0.39 is 0 Å². The molecule has 1 fully saturated rings. The van der Waals surface area contributed by atoms with Gasteiger partial charge < -0.3 is 24.8 Å². The van der Waals surface area contributed by atoms with Crippen molar-refractivity contribution in [1.82, 2.24) is 19.9 Å². The molecule has 1 aliphatic heterocycles. The van der Waals surface area contributed by atoms with E-state index in [0.29, 0.717) is 22.7 Å². The zero-order valence-corrected chi connectivity index (χ0v) is 23.2. The Balaban J connectivity index is 0.00000186. The number of fused-ring (bicyclic) bond motifs is 1. The van der Waals surface area contributed by atoms with Crippen LogP contribution >= 0.6 is 11.6 Å². The maximum atomic E-state index is 13.0. The number of amides is 1. The Morgan fingerprint density at radius 1 is 1.22 bits per heavy atom. The Hall–Kier alpha value is -3.33. The lowest BCUT2D eigenvalue weighted by molar-refractivity contribution is -0.122. The van der Waals surface area contributed by atoms with Crippen molar-refractivity contribution in [2.24, 2.45) is 5.92 Å². The summed E-state index contributed by atoms with van der Waals surface area (Å²) in [4.78, 5) is 35.9. The first-order chi connectivity index (χ1) is 17.8. The number of carbonyl (C=O) groups excluding carboxylic acids is 1. The fourth-order valence-electron chi connectivity index (χ4n) is 4.17. The maximum Gasteiger partial charge on any atom is 0.293 e. The first-order valence-electron chi connectivity index (χ1n) is 12.8. The molecule has 37 heavy (non-hydrogen) atoms. The minimum Gasteiger partial charge on any atom is -0.478 e. The predicted octanol–water partition coefficient (Wildman–Crippen LogP) is 5.16. The summed E-state index contributed by atoms with van der Waals surface area (Å²) < 4.78 is 7.20. The SMILES string of the molecule is CC.CNC(=O)COc1cc2cc(Nc3nc(N4CCC(C)CC4)ncc3Cl)ccc2n(C(C)C)c1=O. The fourth-order valence-corrected chi connectivity index (χ4v) is 4.31. The van der Waals surface area contributed by atoms with Crippen LogP contribution in [0, 0.1) is 5.92 Å². The number of ether oxygens (including phenoxy) is 1. The van der Waals surface area contributed by atoms with Crippen LogP contribution in [0.25, 0.3) is 10.9 Å². The van der Waals surface area contributed by atoms with Gasteiger partial charge in [-0.15, -0.1) is 0 Å². The van der Waals surface area contributed by atoms with Crippen molar-refractivity contribution in [3.63, 3.8) is 0 Å². The number of nitrogens with one attached hydrogen (secondary N) is 2. The second-order valence-corrected chi connectivity index (χ2v) is 9.58. The summed E-state index contributed by atoms with van der Waals surface area (Å²) in [5.74, 6) is 1.69. The van der Waals surface area contributed by atoms with Crippen LogP contribution in [0.5, 0.6) is 5.75 Å². The standard InChI is InChI=1S/C25H31ClN6O3.C2H6/c1-15(2)32-20-6-5-18(11-17(20)12-21(24(32)34)35-14-22(33)27-4)29-23-19(26)13-28-25(30-23)31-9-7-16(3)8-10-31;1-2/h5-6,11-13,15-16H,7-10,14H2,1-4H3,(H,27,33)(H,28,29,30);1-2H3. The van der Waals surface area contributed by atoms with Crippen LogP contribution in [0.1, 0.15) is 53.5 Å². The number of nitrogens with zero attached hydrogens (tertiary/aromatic N) is 4. The number of piperidine rings is 1. The van der Waals surface area contributed by atoms with Crippen molar-refractivity contribution in [2.75, 3.05) is 37.0 Å². The molecule has 1 aromatic carbocycles. The van der Waals surface area contributed by atoms with E-state index in [1.165, 1.54) is 7.05 Å². The molecule has 2 N–H and O–H groups in total. The molecule has 0 atom stereocenters. The van der Waals surface area contributed by atoms with Crippen molar-refractivity contribution >= 4 is 45.9 Å². The quantitative estimate of drug-likeness (QED) is 0.437. The number of pyridine rings is 1. The number of rotatable bonds is 7. The van der Waals surface area contributed by atoms with E-state index in [1.54, 1.807) is 16.8 Å².